The van der Waals surface area contributed by atoms with Gasteiger partial charge in [0.25, 0.3) is 0 Å². The third-order valence-corrected chi connectivity index (χ3v) is 6.39. The lowest BCUT2D eigenvalue weighted by Gasteiger charge is -2.25. The van der Waals surface area contributed by atoms with E-state index in [-0.39, 0.29) is 22.6 Å². The number of thioether (sulfide) groups is 1. The molecule has 3 rings (SSSR count). The normalized spacial score (nSPS) is 17.5. The molecule has 166 valence electrons. The number of carbonyl (C=O) groups is 2. The molecular formula is C25H32N2O3S. The molecule has 0 spiro atoms. The van der Waals surface area contributed by atoms with Crippen LogP contribution in [0, 0.1) is 11.3 Å². The van der Waals surface area contributed by atoms with Crippen LogP contribution < -0.4 is 15.0 Å². The number of ether oxygens (including phenoxy) is 1. The first-order valence-electron chi connectivity index (χ1n) is 10.6. The van der Waals surface area contributed by atoms with Crippen LogP contribution in [0.5, 0.6) is 5.75 Å². The monoisotopic (exact) mass is 440 g/mol. The van der Waals surface area contributed by atoms with Gasteiger partial charge in [0, 0.05) is 23.9 Å². The zero-order chi connectivity index (χ0) is 22.6. The molecule has 0 bridgehead atoms. The van der Waals surface area contributed by atoms with Gasteiger partial charge in [-0.2, -0.15) is 0 Å². The lowest BCUT2D eigenvalue weighted by atomic mass is 9.84. The quantitative estimate of drug-likeness (QED) is 0.584. The average molecular weight is 441 g/mol. The van der Waals surface area contributed by atoms with E-state index in [1.165, 1.54) is 0 Å². The number of rotatable bonds is 7. The van der Waals surface area contributed by atoms with Crippen LogP contribution in [0.4, 0.5) is 11.4 Å². The van der Waals surface area contributed by atoms with Crippen LogP contribution in [0.3, 0.4) is 0 Å². The molecule has 1 heterocycles. The molecule has 0 aliphatic carbocycles. The minimum absolute atomic E-state index is 0.0351. The Bertz CT molecular complexity index is 921. The number of hydrogen-bond donors (Lipinski definition) is 1. The van der Waals surface area contributed by atoms with E-state index in [4.69, 9.17) is 4.74 Å². The van der Waals surface area contributed by atoms with Crippen molar-refractivity contribution >= 4 is 35.0 Å². The first-order chi connectivity index (χ1) is 14.7. The number of benzene rings is 2. The van der Waals surface area contributed by atoms with Gasteiger partial charge in [-0.15, -0.1) is 11.8 Å². The van der Waals surface area contributed by atoms with Gasteiger partial charge >= 0.3 is 0 Å². The van der Waals surface area contributed by atoms with E-state index in [0.717, 1.165) is 29.1 Å². The molecule has 0 unspecified atom stereocenters. The van der Waals surface area contributed by atoms with Gasteiger partial charge in [-0.3, -0.25) is 14.5 Å². The molecule has 0 radical (unpaired) electrons. The topological polar surface area (TPSA) is 58.6 Å². The molecule has 2 atom stereocenters. The highest BCUT2D eigenvalue weighted by Crippen LogP contribution is 2.42. The Morgan fingerprint density at radius 3 is 2.58 bits per heavy atom. The fourth-order valence-electron chi connectivity index (χ4n) is 4.09. The smallest absolute Gasteiger partial charge is 0.238 e. The Balaban J connectivity index is 1.67. The highest BCUT2D eigenvalue weighted by molar-refractivity contribution is 8.00. The lowest BCUT2D eigenvalue weighted by Crippen LogP contribution is -2.27. The average Bonchev–Trinajstić information content (AvgIpc) is 3.08. The van der Waals surface area contributed by atoms with Gasteiger partial charge < -0.3 is 10.1 Å². The van der Waals surface area contributed by atoms with Crippen molar-refractivity contribution in [3.05, 3.63) is 54.1 Å². The van der Waals surface area contributed by atoms with E-state index >= 15 is 0 Å². The molecular weight excluding hydrogens is 408 g/mol. The van der Waals surface area contributed by atoms with E-state index in [0.29, 0.717) is 18.1 Å². The Hall–Kier alpha value is -2.47. The van der Waals surface area contributed by atoms with E-state index in [1.54, 1.807) is 18.9 Å². The SMILES string of the molecule is COc1cccc(N2C(=O)CS[C@@H]2c2ccc(NC(=O)C[C@H](C)CC(C)(C)C)cc2)c1. The summed E-state index contributed by atoms with van der Waals surface area (Å²) in [5.74, 6) is 1.60. The maximum atomic E-state index is 12.6. The van der Waals surface area contributed by atoms with Crippen molar-refractivity contribution in [2.24, 2.45) is 11.3 Å². The van der Waals surface area contributed by atoms with Gasteiger partial charge in [0.1, 0.15) is 11.1 Å². The minimum Gasteiger partial charge on any atom is -0.497 e. The third kappa shape index (κ3) is 6.26. The highest BCUT2D eigenvalue weighted by Gasteiger charge is 2.34. The van der Waals surface area contributed by atoms with Crippen molar-refractivity contribution in [2.45, 2.75) is 45.9 Å². The zero-order valence-corrected chi connectivity index (χ0v) is 19.8. The van der Waals surface area contributed by atoms with E-state index < -0.39 is 0 Å². The molecule has 1 saturated heterocycles. The first kappa shape index (κ1) is 23.2. The molecule has 2 aromatic rings. The van der Waals surface area contributed by atoms with Crippen LogP contribution in [-0.4, -0.2) is 24.7 Å². The first-order valence-corrected chi connectivity index (χ1v) is 11.7. The lowest BCUT2D eigenvalue weighted by molar-refractivity contribution is -0.117. The summed E-state index contributed by atoms with van der Waals surface area (Å²) in [5, 5.41) is 2.90. The molecule has 1 aliphatic heterocycles. The van der Waals surface area contributed by atoms with Crippen LogP contribution >= 0.6 is 11.8 Å². The minimum atomic E-state index is -0.101. The molecule has 31 heavy (non-hydrogen) atoms. The second-order valence-electron chi connectivity index (χ2n) is 9.37. The highest BCUT2D eigenvalue weighted by atomic mass is 32.2. The van der Waals surface area contributed by atoms with Crippen molar-refractivity contribution < 1.29 is 14.3 Å². The maximum absolute atomic E-state index is 12.6. The third-order valence-electron chi connectivity index (χ3n) is 5.17. The summed E-state index contributed by atoms with van der Waals surface area (Å²) in [5.41, 5.74) is 2.84. The maximum Gasteiger partial charge on any atom is 0.238 e. The Morgan fingerprint density at radius 1 is 1.23 bits per heavy atom. The second kappa shape index (κ2) is 9.77. The molecule has 1 aliphatic rings. The summed E-state index contributed by atoms with van der Waals surface area (Å²) in [4.78, 5) is 26.8. The number of carbonyl (C=O) groups excluding carboxylic acids is 2. The number of anilines is 2. The van der Waals surface area contributed by atoms with Gasteiger partial charge in [-0.25, -0.2) is 0 Å². The predicted octanol–water partition coefficient (Wildman–Crippen LogP) is 5.87. The van der Waals surface area contributed by atoms with Gasteiger partial charge in [-0.1, -0.05) is 45.9 Å². The Morgan fingerprint density at radius 2 is 1.94 bits per heavy atom. The molecule has 0 aromatic heterocycles. The van der Waals surface area contributed by atoms with Crippen molar-refractivity contribution in [1.29, 1.82) is 0 Å². The van der Waals surface area contributed by atoms with Crippen LogP contribution in [0.1, 0.15) is 51.5 Å². The van der Waals surface area contributed by atoms with Crippen molar-refractivity contribution in [2.75, 3.05) is 23.1 Å². The van der Waals surface area contributed by atoms with Crippen molar-refractivity contribution in [3.63, 3.8) is 0 Å². The molecule has 0 saturated carbocycles. The van der Waals surface area contributed by atoms with Gasteiger partial charge in [0.2, 0.25) is 11.8 Å². The van der Waals surface area contributed by atoms with Crippen LogP contribution in [0.2, 0.25) is 0 Å². The Labute approximate surface area is 189 Å². The molecule has 2 amide bonds. The second-order valence-corrected chi connectivity index (χ2v) is 10.4. The summed E-state index contributed by atoms with van der Waals surface area (Å²) in [6, 6.07) is 15.3. The Kier molecular flexibility index (Phi) is 7.31. The van der Waals surface area contributed by atoms with E-state index in [9.17, 15) is 9.59 Å². The predicted molar refractivity (Wildman–Crippen MR) is 129 cm³/mol. The van der Waals surface area contributed by atoms with Crippen LogP contribution in [-0.2, 0) is 9.59 Å². The number of nitrogens with one attached hydrogen (secondary N) is 1. The fraction of sp³-hybridized carbons (Fsp3) is 0.440. The summed E-state index contributed by atoms with van der Waals surface area (Å²) < 4.78 is 5.31. The number of nitrogens with zero attached hydrogens (tertiary/aromatic N) is 1. The standard InChI is InChI=1S/C25H32N2O3S/c1-17(15-25(2,3)4)13-22(28)26-19-11-9-18(10-12-19)24-27(23(29)16-31-24)20-7-6-8-21(14-20)30-5/h6-12,14,17,24H,13,15-16H2,1-5H3,(H,26,28)/t17-,24+/m0/s1. The summed E-state index contributed by atoms with van der Waals surface area (Å²) >= 11 is 1.60. The van der Waals surface area contributed by atoms with Crippen LogP contribution in [0.25, 0.3) is 0 Å². The molecule has 5 nitrogen and oxygen atoms in total. The summed E-state index contributed by atoms with van der Waals surface area (Å²) in [7, 11) is 1.62. The number of methoxy groups -OCH3 is 1. The molecule has 6 heteroatoms. The fourth-order valence-corrected chi connectivity index (χ4v) is 5.26. The summed E-state index contributed by atoms with van der Waals surface area (Å²) in [6.07, 6.45) is 1.52. The number of hydrogen-bond acceptors (Lipinski definition) is 4. The zero-order valence-electron chi connectivity index (χ0n) is 19.0. The van der Waals surface area contributed by atoms with Gasteiger partial charge in [-0.05, 0) is 47.6 Å². The van der Waals surface area contributed by atoms with Crippen molar-refractivity contribution in [3.8, 4) is 5.75 Å². The van der Waals surface area contributed by atoms with Crippen LogP contribution in [0.15, 0.2) is 48.5 Å². The van der Waals surface area contributed by atoms with Gasteiger partial charge in [0.05, 0.1) is 12.9 Å². The largest absolute Gasteiger partial charge is 0.497 e. The summed E-state index contributed by atoms with van der Waals surface area (Å²) in [6.45, 7) is 8.71. The van der Waals surface area contributed by atoms with E-state index in [2.05, 4.69) is 33.0 Å². The molecule has 2 aromatic carbocycles. The number of amides is 2. The van der Waals surface area contributed by atoms with Crippen molar-refractivity contribution in [1.82, 2.24) is 0 Å². The molecule has 1 fully saturated rings. The molecule has 1 N–H and O–H groups in total. The van der Waals surface area contributed by atoms with E-state index in [1.807, 2.05) is 53.4 Å². The van der Waals surface area contributed by atoms with Gasteiger partial charge in [0.15, 0.2) is 0 Å².